The van der Waals surface area contributed by atoms with Crippen molar-refractivity contribution < 1.29 is 5.11 Å². The first-order valence-corrected chi connectivity index (χ1v) is 3.27. The molecule has 0 saturated carbocycles. The van der Waals surface area contributed by atoms with Crippen LogP contribution in [0.1, 0.15) is 5.56 Å². The zero-order chi connectivity index (χ0) is 6.69. The van der Waals surface area contributed by atoms with E-state index in [1.807, 2.05) is 12.1 Å². The highest BCUT2D eigenvalue weighted by atomic mass is 32.1. The van der Waals surface area contributed by atoms with Crippen LogP contribution in [0.15, 0.2) is 24.3 Å². The van der Waals surface area contributed by atoms with Crippen LogP contribution in [0.2, 0.25) is 0 Å². The Morgan fingerprint density at radius 3 is 2.44 bits per heavy atom. The Morgan fingerprint density at radius 1 is 1.33 bits per heavy atom. The zero-order valence-corrected chi connectivity index (χ0v) is 5.69. The summed E-state index contributed by atoms with van der Waals surface area (Å²) in [6.45, 7) is 0. The van der Waals surface area contributed by atoms with E-state index in [1.165, 1.54) is 0 Å². The van der Waals surface area contributed by atoms with Gasteiger partial charge in [-0.3, -0.25) is 0 Å². The maximum atomic E-state index is 9.04. The second kappa shape index (κ2) is 2.78. The molecule has 0 aliphatic rings. The van der Waals surface area contributed by atoms with Crippen molar-refractivity contribution in [3.8, 4) is 5.75 Å². The van der Waals surface area contributed by atoms with Crippen molar-refractivity contribution in [3.63, 3.8) is 0 Å². The lowest BCUT2D eigenvalue weighted by Gasteiger charge is -1.96. The lowest BCUT2D eigenvalue weighted by molar-refractivity contribution is 0.470. The highest BCUT2D eigenvalue weighted by Gasteiger charge is 1.93. The lowest BCUT2D eigenvalue weighted by atomic mass is 10.2. The first kappa shape index (κ1) is 6.49. The fourth-order valence-electron chi connectivity index (χ4n) is 0.633. The average Bonchev–Trinajstić information content (AvgIpc) is 1.89. The van der Waals surface area contributed by atoms with Gasteiger partial charge in [0.2, 0.25) is 0 Å². The van der Waals surface area contributed by atoms with E-state index in [-0.39, 0.29) is 0 Å². The van der Waals surface area contributed by atoms with Crippen LogP contribution in [0.5, 0.6) is 5.75 Å². The maximum Gasteiger partial charge on any atom is 0.119 e. The molecule has 1 aromatic rings. The highest BCUT2D eigenvalue weighted by molar-refractivity contribution is 7.79. The van der Waals surface area contributed by atoms with Crippen LogP contribution in [0.4, 0.5) is 0 Å². The van der Waals surface area contributed by atoms with Gasteiger partial charge in [0.25, 0.3) is 0 Å². The van der Waals surface area contributed by atoms with Crippen molar-refractivity contribution in [2.75, 3.05) is 0 Å². The Morgan fingerprint density at radius 2 is 2.00 bits per heavy atom. The zero-order valence-electron chi connectivity index (χ0n) is 4.87. The largest absolute Gasteiger partial charge is 0.508 e. The monoisotopic (exact) mass is 139 g/mol. The molecule has 0 aliphatic carbocycles. The van der Waals surface area contributed by atoms with Crippen LogP contribution in [0.25, 0.3) is 0 Å². The third-order valence-corrected chi connectivity index (χ3v) is 1.46. The van der Waals surface area contributed by atoms with E-state index in [0.717, 1.165) is 5.56 Å². The first-order chi connectivity index (χ1) is 4.34. The molecule has 9 heavy (non-hydrogen) atoms. The fraction of sp³-hybridized carbons (Fsp3) is 0.143. The molecule has 0 heterocycles. The molecule has 0 bridgehead atoms. The first-order valence-electron chi connectivity index (χ1n) is 2.69. The molecular formula is C7H7OS. The molecule has 0 atom stereocenters. The number of phenolic OH excluding ortho intramolecular Hbond substituents is 1. The second-order valence-corrected chi connectivity index (χ2v) is 2.06. The van der Waals surface area contributed by atoms with Gasteiger partial charge in [-0.15, -0.1) is 0 Å². The smallest absolute Gasteiger partial charge is 0.119 e. The summed E-state index contributed by atoms with van der Waals surface area (Å²) in [5.74, 6) is 0.777. The van der Waals surface area contributed by atoms with Gasteiger partial charge in [0, 0.05) is 11.3 Å². The summed E-state index contributed by atoms with van der Waals surface area (Å²) in [5.41, 5.74) is 0.826. The second-order valence-electron chi connectivity index (χ2n) is 1.77. The van der Waals surface area contributed by atoms with Gasteiger partial charge >= 0.3 is 0 Å². The van der Waals surface area contributed by atoms with Crippen molar-refractivity contribution in [2.45, 2.75) is 5.75 Å². The Hall–Kier alpha value is -0.630. The SMILES string of the molecule is Oc1ccccc1C[S]. The predicted octanol–water partition coefficient (Wildman–Crippen LogP) is 2.09. The lowest BCUT2D eigenvalue weighted by Crippen LogP contribution is -1.75. The van der Waals surface area contributed by atoms with Gasteiger partial charge in [-0.2, -0.15) is 0 Å². The summed E-state index contributed by atoms with van der Waals surface area (Å²) in [7, 11) is 0. The van der Waals surface area contributed by atoms with Gasteiger partial charge in [0.05, 0.1) is 0 Å². The summed E-state index contributed by atoms with van der Waals surface area (Å²) in [6, 6.07) is 7.11. The van der Waals surface area contributed by atoms with E-state index < -0.39 is 0 Å². The molecule has 0 aromatic heterocycles. The van der Waals surface area contributed by atoms with Crippen LogP contribution in [0, 0.1) is 0 Å². The Balaban J connectivity index is 3.01. The molecular weight excluding hydrogens is 132 g/mol. The third-order valence-electron chi connectivity index (χ3n) is 1.15. The maximum absolute atomic E-state index is 9.04. The van der Waals surface area contributed by atoms with Gasteiger partial charge in [-0.25, -0.2) is 0 Å². The number of hydrogen-bond acceptors (Lipinski definition) is 1. The molecule has 1 radical (unpaired) electrons. The van der Waals surface area contributed by atoms with Crippen LogP contribution in [-0.2, 0) is 5.75 Å². The Bertz CT molecular complexity index is 198. The molecule has 1 rings (SSSR count). The van der Waals surface area contributed by atoms with Crippen molar-refractivity contribution in [2.24, 2.45) is 0 Å². The van der Waals surface area contributed by atoms with E-state index >= 15 is 0 Å². The number of benzene rings is 1. The van der Waals surface area contributed by atoms with Crippen LogP contribution < -0.4 is 0 Å². The Kier molecular flexibility index (Phi) is 2.01. The van der Waals surface area contributed by atoms with E-state index in [4.69, 9.17) is 17.7 Å². The van der Waals surface area contributed by atoms with Gasteiger partial charge in [-0.05, 0) is 6.07 Å². The van der Waals surface area contributed by atoms with Crippen LogP contribution in [0.3, 0.4) is 0 Å². The quantitative estimate of drug-likeness (QED) is 0.631. The predicted molar refractivity (Wildman–Crippen MR) is 39.4 cm³/mol. The molecule has 2 heteroatoms. The molecule has 0 amide bonds. The summed E-state index contributed by atoms with van der Waals surface area (Å²) in [4.78, 5) is 0. The van der Waals surface area contributed by atoms with E-state index in [9.17, 15) is 0 Å². The third kappa shape index (κ3) is 1.39. The number of rotatable bonds is 1. The fourth-order valence-corrected chi connectivity index (χ4v) is 0.877. The standard InChI is InChI=1S/C7H7OS/c8-7-4-2-1-3-6(7)5-9/h1-4,8H,5H2. The van der Waals surface area contributed by atoms with Gasteiger partial charge in [0.1, 0.15) is 5.75 Å². The number of aromatic hydroxyl groups is 1. The van der Waals surface area contributed by atoms with E-state index in [1.54, 1.807) is 12.1 Å². The minimum absolute atomic E-state index is 0.299. The summed E-state index contributed by atoms with van der Waals surface area (Å²) >= 11 is 4.75. The molecule has 0 aliphatic heterocycles. The highest BCUT2D eigenvalue weighted by Crippen LogP contribution is 2.16. The topological polar surface area (TPSA) is 20.2 Å². The molecule has 47 valence electrons. The van der Waals surface area contributed by atoms with Crippen LogP contribution in [-0.4, -0.2) is 5.11 Å². The Labute approximate surface area is 59.7 Å². The van der Waals surface area contributed by atoms with Crippen molar-refractivity contribution >= 4 is 12.6 Å². The molecule has 0 unspecified atom stereocenters. The van der Waals surface area contributed by atoms with E-state index in [2.05, 4.69) is 0 Å². The number of hydrogen-bond donors (Lipinski definition) is 1. The molecule has 1 nitrogen and oxygen atoms in total. The molecule has 0 saturated heterocycles. The van der Waals surface area contributed by atoms with Gasteiger partial charge in [-0.1, -0.05) is 30.8 Å². The summed E-state index contributed by atoms with van der Waals surface area (Å²) in [5, 5.41) is 9.04. The van der Waals surface area contributed by atoms with Gasteiger partial charge in [0.15, 0.2) is 0 Å². The molecule has 1 N–H and O–H groups in total. The average molecular weight is 139 g/mol. The summed E-state index contributed by atoms with van der Waals surface area (Å²) < 4.78 is 0. The van der Waals surface area contributed by atoms with Crippen molar-refractivity contribution in [1.29, 1.82) is 0 Å². The molecule has 1 aromatic carbocycles. The van der Waals surface area contributed by atoms with Crippen molar-refractivity contribution in [3.05, 3.63) is 29.8 Å². The molecule has 0 fully saturated rings. The number of para-hydroxylation sites is 1. The van der Waals surface area contributed by atoms with Crippen molar-refractivity contribution in [1.82, 2.24) is 0 Å². The van der Waals surface area contributed by atoms with E-state index in [0.29, 0.717) is 11.5 Å². The normalized spacial score (nSPS) is 9.44. The van der Waals surface area contributed by atoms with Gasteiger partial charge < -0.3 is 5.11 Å². The minimum Gasteiger partial charge on any atom is -0.508 e. The summed E-state index contributed by atoms with van der Waals surface area (Å²) in [6.07, 6.45) is 0. The van der Waals surface area contributed by atoms with Crippen LogP contribution >= 0.6 is 12.6 Å². The minimum atomic E-state index is 0.299. The molecule has 0 spiro atoms. The number of phenols is 1.